The Hall–Kier alpha value is -3.18. The van der Waals surface area contributed by atoms with E-state index in [0.29, 0.717) is 51.4 Å². The van der Waals surface area contributed by atoms with Crippen molar-refractivity contribution in [2.45, 2.75) is 89.8 Å². The largest absolute Gasteiger partial charge is 0.481 e. The Morgan fingerprint density at radius 3 is 2.31 bits per heavy atom. The number of aliphatic carboxylic acids is 1. The molecule has 12 heteroatoms. The second kappa shape index (κ2) is 15.7. The van der Waals surface area contributed by atoms with Gasteiger partial charge in [-0.2, -0.15) is 0 Å². The van der Waals surface area contributed by atoms with Gasteiger partial charge < -0.3 is 36.9 Å². The van der Waals surface area contributed by atoms with Crippen LogP contribution in [0.1, 0.15) is 71.6 Å². The summed E-state index contributed by atoms with van der Waals surface area (Å²) in [7, 11) is 0. The number of carboxylic acids is 1. The van der Waals surface area contributed by atoms with Crippen LogP contribution in [0.4, 0.5) is 0 Å². The lowest BCUT2D eigenvalue weighted by Gasteiger charge is -2.29. The zero-order chi connectivity index (χ0) is 26.4. The van der Waals surface area contributed by atoms with E-state index >= 15 is 0 Å². The van der Waals surface area contributed by atoms with Crippen LogP contribution in [0.25, 0.3) is 0 Å². The molecule has 12 nitrogen and oxygen atoms in total. The number of carbonyl (C=O) groups is 5. The molecule has 198 valence electrons. The molecule has 3 unspecified atom stereocenters. The summed E-state index contributed by atoms with van der Waals surface area (Å²) in [6.45, 7) is 4.48. The fourth-order valence-electron chi connectivity index (χ4n) is 4.24. The van der Waals surface area contributed by atoms with Crippen molar-refractivity contribution in [2.24, 2.45) is 22.4 Å². The number of nitrogens with one attached hydrogen (secondary N) is 2. The molecule has 3 amide bonds. The van der Waals surface area contributed by atoms with Crippen molar-refractivity contribution < 1.29 is 29.1 Å². The van der Waals surface area contributed by atoms with Crippen molar-refractivity contribution in [2.75, 3.05) is 13.1 Å². The van der Waals surface area contributed by atoms with Gasteiger partial charge >= 0.3 is 5.97 Å². The first-order valence-electron chi connectivity index (χ1n) is 12.3. The van der Waals surface area contributed by atoms with E-state index in [1.165, 1.54) is 4.90 Å². The third-order valence-corrected chi connectivity index (χ3v) is 5.94. The Morgan fingerprint density at radius 1 is 1.11 bits per heavy atom. The third-order valence-electron chi connectivity index (χ3n) is 5.94. The summed E-state index contributed by atoms with van der Waals surface area (Å²) in [5.74, 6) is -3.05. The van der Waals surface area contributed by atoms with Gasteiger partial charge in [0.15, 0.2) is 5.96 Å². The molecule has 35 heavy (non-hydrogen) atoms. The summed E-state index contributed by atoms with van der Waals surface area (Å²) in [5, 5.41) is 14.6. The smallest absolute Gasteiger partial charge is 0.305 e. The normalized spacial score (nSPS) is 16.9. The Balaban J connectivity index is 2.88. The minimum Gasteiger partial charge on any atom is -0.481 e. The van der Waals surface area contributed by atoms with Gasteiger partial charge in [-0.05, 0) is 38.5 Å². The van der Waals surface area contributed by atoms with E-state index in [2.05, 4.69) is 15.6 Å². The van der Waals surface area contributed by atoms with Crippen LogP contribution < -0.4 is 22.1 Å². The number of rotatable bonds is 16. The van der Waals surface area contributed by atoms with Crippen molar-refractivity contribution in [3.05, 3.63) is 0 Å². The fraction of sp³-hybridized carbons (Fsp3) is 0.739. The quantitative estimate of drug-likeness (QED) is 0.0843. The monoisotopic (exact) mass is 496 g/mol. The van der Waals surface area contributed by atoms with Crippen LogP contribution >= 0.6 is 0 Å². The lowest BCUT2D eigenvalue weighted by Crippen LogP contribution is -2.55. The van der Waals surface area contributed by atoms with Crippen molar-refractivity contribution in [3.8, 4) is 0 Å². The van der Waals surface area contributed by atoms with Gasteiger partial charge in [-0.3, -0.25) is 24.2 Å². The van der Waals surface area contributed by atoms with Crippen LogP contribution in [-0.2, 0) is 24.0 Å². The first kappa shape index (κ1) is 29.9. The summed E-state index contributed by atoms with van der Waals surface area (Å²) in [6.07, 6.45) is 4.59. The predicted molar refractivity (Wildman–Crippen MR) is 130 cm³/mol. The maximum Gasteiger partial charge on any atom is 0.305 e. The number of nitrogens with two attached hydrogens (primary N) is 2. The van der Waals surface area contributed by atoms with Crippen LogP contribution in [0.5, 0.6) is 0 Å². The van der Waals surface area contributed by atoms with Crippen molar-refractivity contribution in [3.63, 3.8) is 0 Å². The minimum atomic E-state index is -1.27. The summed E-state index contributed by atoms with van der Waals surface area (Å²) in [6, 6.07) is -2.89. The number of likely N-dealkylation sites (tertiary alicyclic amines) is 1. The van der Waals surface area contributed by atoms with Crippen LogP contribution in [0.15, 0.2) is 4.99 Å². The molecule has 0 saturated carbocycles. The maximum absolute atomic E-state index is 13.3. The molecule has 0 aromatic heterocycles. The van der Waals surface area contributed by atoms with E-state index < -0.39 is 42.3 Å². The topological polar surface area (TPSA) is 197 Å². The fourth-order valence-corrected chi connectivity index (χ4v) is 4.24. The van der Waals surface area contributed by atoms with Crippen LogP contribution in [0.3, 0.4) is 0 Å². The van der Waals surface area contributed by atoms with Crippen molar-refractivity contribution >= 4 is 35.9 Å². The zero-order valence-corrected chi connectivity index (χ0v) is 20.7. The molecule has 7 N–H and O–H groups in total. The van der Waals surface area contributed by atoms with Crippen LogP contribution in [0.2, 0.25) is 0 Å². The highest BCUT2D eigenvalue weighted by Gasteiger charge is 2.39. The van der Waals surface area contributed by atoms with Gasteiger partial charge in [0, 0.05) is 19.0 Å². The number of nitrogens with zero attached hydrogens (tertiary/aromatic N) is 2. The number of hydrogen-bond donors (Lipinski definition) is 5. The van der Waals surface area contributed by atoms with E-state index in [1.54, 1.807) is 0 Å². The molecular weight excluding hydrogens is 456 g/mol. The average molecular weight is 497 g/mol. The van der Waals surface area contributed by atoms with E-state index in [4.69, 9.17) is 11.5 Å². The molecule has 0 spiro atoms. The molecule has 3 atom stereocenters. The van der Waals surface area contributed by atoms with Crippen molar-refractivity contribution in [1.29, 1.82) is 0 Å². The highest BCUT2D eigenvalue weighted by molar-refractivity contribution is 5.95. The molecule has 0 aromatic carbocycles. The third kappa shape index (κ3) is 10.3. The summed E-state index contributed by atoms with van der Waals surface area (Å²) < 4.78 is 0. The van der Waals surface area contributed by atoms with Gasteiger partial charge in [-0.25, -0.2) is 0 Å². The summed E-state index contributed by atoms with van der Waals surface area (Å²) >= 11 is 0. The lowest BCUT2D eigenvalue weighted by molar-refractivity contribution is -0.146. The molecule has 1 heterocycles. The number of carboxylic acid groups (broad SMARTS) is 1. The molecular formula is C23H40N6O6. The minimum absolute atomic E-state index is 0.0597. The lowest BCUT2D eigenvalue weighted by atomic mass is 9.96. The van der Waals surface area contributed by atoms with Crippen molar-refractivity contribution in [1.82, 2.24) is 15.5 Å². The highest BCUT2D eigenvalue weighted by Crippen LogP contribution is 2.21. The average Bonchev–Trinajstić information content (AvgIpc) is 3.29. The molecule has 1 saturated heterocycles. The van der Waals surface area contributed by atoms with Gasteiger partial charge in [-0.15, -0.1) is 0 Å². The number of guanidine groups is 1. The first-order valence-corrected chi connectivity index (χ1v) is 12.3. The number of aldehydes is 1. The van der Waals surface area contributed by atoms with Gasteiger partial charge in [0.05, 0.1) is 12.5 Å². The Bertz CT molecular complexity index is 764. The van der Waals surface area contributed by atoms with E-state index in [0.717, 1.165) is 12.8 Å². The number of amides is 3. The molecule has 0 radical (unpaired) electrons. The maximum atomic E-state index is 13.3. The van der Waals surface area contributed by atoms with Crippen LogP contribution in [0, 0.1) is 5.92 Å². The molecule has 1 fully saturated rings. The van der Waals surface area contributed by atoms with Gasteiger partial charge in [0.1, 0.15) is 18.4 Å². The van der Waals surface area contributed by atoms with E-state index in [9.17, 15) is 29.1 Å². The van der Waals surface area contributed by atoms with E-state index in [-0.39, 0.29) is 24.3 Å². The molecule has 1 aliphatic heterocycles. The van der Waals surface area contributed by atoms with Gasteiger partial charge in [0.25, 0.3) is 0 Å². The molecule has 0 aromatic rings. The molecule has 0 aliphatic carbocycles. The van der Waals surface area contributed by atoms with E-state index in [1.807, 2.05) is 13.8 Å². The number of aliphatic imine (C=N–C) groups is 1. The molecule has 0 bridgehead atoms. The predicted octanol–water partition coefficient (Wildman–Crippen LogP) is -0.109. The Kier molecular flexibility index (Phi) is 13.4. The highest BCUT2D eigenvalue weighted by atomic mass is 16.4. The Labute approximate surface area is 206 Å². The standard InChI is InChI=1S/C23H40N6O6/c1-3-7-15(8-4-2)20(33)28-17(13-19(31)32)22(35)29-12-6-10-18(29)21(34)27-16(14-30)9-5-11-26-23(24)25/h14-18H,3-13H2,1-2H3,(H,27,34)(H,28,33)(H,31,32)(H4,24,25,26). The second-order valence-corrected chi connectivity index (χ2v) is 8.82. The second-order valence-electron chi connectivity index (χ2n) is 8.82. The van der Waals surface area contributed by atoms with Crippen LogP contribution in [-0.4, -0.2) is 77.2 Å². The summed E-state index contributed by atoms with van der Waals surface area (Å²) in [4.78, 5) is 66.9. The number of hydrogen-bond acceptors (Lipinski definition) is 6. The first-order chi connectivity index (χ1) is 16.6. The Morgan fingerprint density at radius 2 is 1.77 bits per heavy atom. The molecule has 1 rings (SSSR count). The van der Waals surface area contributed by atoms with Gasteiger partial charge in [-0.1, -0.05) is 26.7 Å². The van der Waals surface area contributed by atoms with Gasteiger partial charge in [0.2, 0.25) is 17.7 Å². The SMILES string of the molecule is CCCC(CCC)C(=O)NC(CC(=O)O)C(=O)N1CCCC1C(=O)NC(C=O)CCCN=C(N)N. The zero-order valence-electron chi connectivity index (χ0n) is 20.7. The number of carbonyl (C=O) groups excluding carboxylic acids is 4. The molecule has 1 aliphatic rings. The summed E-state index contributed by atoms with van der Waals surface area (Å²) in [5.41, 5.74) is 10.5.